The number of rotatable bonds is 1. The Morgan fingerprint density at radius 3 is 2.92 bits per heavy atom. The first-order valence-corrected chi connectivity index (χ1v) is 4.21. The summed E-state index contributed by atoms with van der Waals surface area (Å²) >= 11 is 3.32. The average Bonchev–Trinajstić information content (AvgIpc) is 2.08. The minimum atomic E-state index is -0.353. The van der Waals surface area contributed by atoms with Gasteiger partial charge in [0.15, 0.2) is 0 Å². The molecule has 0 amide bonds. The normalized spacial score (nSPS) is 9.58. The second-order valence-corrected chi connectivity index (χ2v) is 3.17. The van der Waals surface area contributed by atoms with Crippen LogP contribution in [-0.2, 0) is 4.74 Å². The first kappa shape index (κ1) is 9.26. The molecule has 0 unspecified atom stereocenters. The molecule has 0 aliphatic heterocycles. The van der Waals surface area contributed by atoms with Gasteiger partial charge in [0.05, 0.1) is 12.7 Å². The van der Waals surface area contributed by atoms with Crippen molar-refractivity contribution in [2.75, 3.05) is 7.11 Å². The molecular formula is C9H8BrO2. The van der Waals surface area contributed by atoms with Crippen LogP contribution in [0.15, 0.2) is 16.6 Å². The summed E-state index contributed by atoms with van der Waals surface area (Å²) in [5.74, 6) is -0.353. The molecule has 0 saturated carbocycles. The summed E-state index contributed by atoms with van der Waals surface area (Å²) in [5, 5.41) is 0. The van der Waals surface area contributed by atoms with E-state index in [1.807, 2.05) is 13.0 Å². The van der Waals surface area contributed by atoms with Crippen LogP contribution in [0.1, 0.15) is 15.9 Å². The molecule has 0 bridgehead atoms. The van der Waals surface area contributed by atoms with Crippen LogP contribution >= 0.6 is 15.9 Å². The predicted molar refractivity (Wildman–Crippen MR) is 49.1 cm³/mol. The maximum Gasteiger partial charge on any atom is 0.338 e. The van der Waals surface area contributed by atoms with E-state index >= 15 is 0 Å². The van der Waals surface area contributed by atoms with Crippen LogP contribution in [0, 0.1) is 13.0 Å². The Labute approximate surface area is 79.7 Å². The van der Waals surface area contributed by atoms with Gasteiger partial charge in [-0.1, -0.05) is 22.0 Å². The van der Waals surface area contributed by atoms with Crippen molar-refractivity contribution in [3.8, 4) is 0 Å². The average molecular weight is 228 g/mol. The highest BCUT2D eigenvalue weighted by atomic mass is 79.9. The lowest BCUT2D eigenvalue weighted by Crippen LogP contribution is -2.03. The molecule has 0 saturated heterocycles. The summed E-state index contributed by atoms with van der Waals surface area (Å²) in [4.78, 5) is 11.1. The second-order valence-electron chi connectivity index (χ2n) is 2.32. The Morgan fingerprint density at radius 2 is 2.33 bits per heavy atom. The van der Waals surface area contributed by atoms with Crippen molar-refractivity contribution in [1.82, 2.24) is 0 Å². The van der Waals surface area contributed by atoms with Crippen LogP contribution in [-0.4, -0.2) is 13.1 Å². The Hall–Kier alpha value is -0.830. The fraction of sp³-hybridized carbons (Fsp3) is 0.222. The molecule has 3 heteroatoms. The summed E-state index contributed by atoms with van der Waals surface area (Å²) in [5.41, 5.74) is 1.33. The van der Waals surface area contributed by atoms with Gasteiger partial charge >= 0.3 is 5.97 Å². The van der Waals surface area contributed by atoms with Crippen LogP contribution in [0.3, 0.4) is 0 Å². The molecule has 2 nitrogen and oxygen atoms in total. The van der Waals surface area contributed by atoms with Gasteiger partial charge in [-0.3, -0.25) is 0 Å². The first-order chi connectivity index (χ1) is 5.66. The second kappa shape index (κ2) is 3.72. The monoisotopic (exact) mass is 227 g/mol. The number of hydrogen-bond acceptors (Lipinski definition) is 2. The van der Waals surface area contributed by atoms with Crippen LogP contribution in [0.5, 0.6) is 0 Å². The van der Waals surface area contributed by atoms with Crippen molar-refractivity contribution in [3.05, 3.63) is 33.8 Å². The van der Waals surface area contributed by atoms with Crippen LogP contribution in [0.2, 0.25) is 0 Å². The van der Waals surface area contributed by atoms with E-state index < -0.39 is 0 Å². The van der Waals surface area contributed by atoms with Crippen molar-refractivity contribution in [2.45, 2.75) is 6.92 Å². The fourth-order valence-electron chi connectivity index (χ4n) is 0.865. The smallest absolute Gasteiger partial charge is 0.338 e. The lowest BCUT2D eigenvalue weighted by atomic mass is 10.1. The van der Waals surface area contributed by atoms with E-state index in [2.05, 4.69) is 26.7 Å². The standard InChI is InChI=1S/C9H8BrO2/c1-6-7(9(11)12-2)4-3-5-8(6)10/h3,5H,1-2H3. The summed E-state index contributed by atoms with van der Waals surface area (Å²) in [6, 6.07) is 6.34. The zero-order valence-corrected chi connectivity index (χ0v) is 8.44. The molecule has 0 spiro atoms. The fourth-order valence-corrected chi connectivity index (χ4v) is 1.20. The minimum absolute atomic E-state index is 0.353. The van der Waals surface area contributed by atoms with Gasteiger partial charge in [0.1, 0.15) is 0 Å². The predicted octanol–water partition coefficient (Wildman–Crippen LogP) is 2.34. The molecule has 0 aliphatic rings. The zero-order chi connectivity index (χ0) is 9.14. The van der Waals surface area contributed by atoms with Crippen molar-refractivity contribution in [1.29, 1.82) is 0 Å². The Kier molecular flexibility index (Phi) is 2.87. The number of carbonyl (C=O) groups is 1. The number of methoxy groups -OCH3 is 1. The Bertz CT molecular complexity index is 307. The van der Waals surface area contributed by atoms with Crippen LogP contribution in [0.4, 0.5) is 0 Å². The zero-order valence-electron chi connectivity index (χ0n) is 6.85. The number of ether oxygens (including phenoxy) is 1. The molecule has 0 fully saturated rings. The highest BCUT2D eigenvalue weighted by Crippen LogP contribution is 2.19. The van der Waals surface area contributed by atoms with Gasteiger partial charge in [-0.2, -0.15) is 0 Å². The summed E-state index contributed by atoms with van der Waals surface area (Å²) in [6.45, 7) is 1.84. The Balaban J connectivity index is 3.16. The van der Waals surface area contributed by atoms with E-state index in [-0.39, 0.29) is 5.97 Å². The van der Waals surface area contributed by atoms with E-state index in [4.69, 9.17) is 0 Å². The molecule has 0 aliphatic carbocycles. The van der Waals surface area contributed by atoms with Crippen molar-refractivity contribution in [2.24, 2.45) is 0 Å². The van der Waals surface area contributed by atoms with Crippen molar-refractivity contribution in [3.63, 3.8) is 0 Å². The van der Waals surface area contributed by atoms with Gasteiger partial charge in [-0.15, -0.1) is 0 Å². The molecule has 1 aromatic rings. The molecule has 12 heavy (non-hydrogen) atoms. The summed E-state index contributed by atoms with van der Waals surface area (Å²) in [6.07, 6.45) is 0. The molecule has 0 heterocycles. The third kappa shape index (κ3) is 1.67. The molecule has 63 valence electrons. The highest BCUT2D eigenvalue weighted by molar-refractivity contribution is 9.10. The number of benzene rings is 1. The van der Waals surface area contributed by atoms with Gasteiger partial charge in [0.2, 0.25) is 0 Å². The first-order valence-electron chi connectivity index (χ1n) is 3.42. The maximum atomic E-state index is 11.1. The van der Waals surface area contributed by atoms with E-state index in [0.717, 1.165) is 10.0 Å². The highest BCUT2D eigenvalue weighted by Gasteiger charge is 2.10. The van der Waals surface area contributed by atoms with Crippen LogP contribution in [0.25, 0.3) is 0 Å². The van der Waals surface area contributed by atoms with E-state index in [9.17, 15) is 4.79 Å². The number of carbonyl (C=O) groups excluding carboxylic acids is 1. The molecule has 1 radical (unpaired) electrons. The van der Waals surface area contributed by atoms with Gasteiger partial charge in [0, 0.05) is 4.47 Å². The topological polar surface area (TPSA) is 26.3 Å². The maximum absolute atomic E-state index is 11.1. The molecule has 0 atom stereocenters. The third-order valence-electron chi connectivity index (χ3n) is 1.58. The number of esters is 1. The SMILES string of the molecule is COC(=O)c1[c]ccc(Br)c1C. The number of hydrogen-bond donors (Lipinski definition) is 0. The number of halogens is 1. The lowest BCUT2D eigenvalue weighted by Gasteiger charge is -2.03. The van der Waals surface area contributed by atoms with Gasteiger partial charge in [0.25, 0.3) is 0 Å². The molecule has 1 aromatic carbocycles. The van der Waals surface area contributed by atoms with E-state index in [1.165, 1.54) is 7.11 Å². The van der Waals surface area contributed by atoms with Crippen LogP contribution < -0.4 is 0 Å². The van der Waals surface area contributed by atoms with Gasteiger partial charge in [-0.05, 0) is 24.6 Å². The van der Waals surface area contributed by atoms with E-state index in [1.54, 1.807) is 6.07 Å². The molecular weight excluding hydrogens is 220 g/mol. The molecule has 1 rings (SSSR count). The van der Waals surface area contributed by atoms with Gasteiger partial charge < -0.3 is 4.74 Å². The summed E-state index contributed by atoms with van der Waals surface area (Å²) in [7, 11) is 1.36. The summed E-state index contributed by atoms with van der Waals surface area (Å²) < 4.78 is 5.47. The largest absolute Gasteiger partial charge is 0.465 e. The van der Waals surface area contributed by atoms with Gasteiger partial charge in [-0.25, -0.2) is 4.79 Å². The lowest BCUT2D eigenvalue weighted by molar-refractivity contribution is 0.0599. The van der Waals surface area contributed by atoms with E-state index in [0.29, 0.717) is 5.56 Å². The molecule has 0 N–H and O–H groups in total. The quantitative estimate of drug-likeness (QED) is 0.689. The Morgan fingerprint density at radius 1 is 1.67 bits per heavy atom. The third-order valence-corrected chi connectivity index (χ3v) is 2.44. The van der Waals surface area contributed by atoms with Crippen molar-refractivity contribution < 1.29 is 9.53 Å². The molecule has 0 aromatic heterocycles. The van der Waals surface area contributed by atoms with Crippen molar-refractivity contribution >= 4 is 21.9 Å². The minimum Gasteiger partial charge on any atom is -0.465 e.